The average molecular weight is 331 g/mol. The first-order valence-electron chi connectivity index (χ1n) is 7.29. The number of hydrogen-bond donors (Lipinski definition) is 1. The van der Waals surface area contributed by atoms with Crippen LogP contribution in [0, 0.1) is 20.2 Å². The summed E-state index contributed by atoms with van der Waals surface area (Å²) in [6.45, 7) is -1.14. The molecular weight excluding hydrogens is 314 g/mol. The summed E-state index contributed by atoms with van der Waals surface area (Å²) in [4.78, 5) is 20.9. The number of hydroxylamine groups is 2. The van der Waals surface area contributed by atoms with Crippen LogP contribution in [0.15, 0.2) is 60.7 Å². The van der Waals surface area contributed by atoms with Gasteiger partial charge in [0.25, 0.3) is 0 Å². The first-order valence-corrected chi connectivity index (χ1v) is 7.29. The highest BCUT2D eigenvalue weighted by molar-refractivity contribution is 5.22. The van der Waals surface area contributed by atoms with Crippen LogP contribution < -0.4 is 0 Å². The van der Waals surface area contributed by atoms with E-state index in [0.29, 0.717) is 11.1 Å². The van der Waals surface area contributed by atoms with Crippen LogP contribution in [0.1, 0.15) is 23.2 Å². The largest absolute Gasteiger partial charge is 0.312 e. The van der Waals surface area contributed by atoms with Gasteiger partial charge < -0.3 is 5.21 Å². The van der Waals surface area contributed by atoms with Crippen molar-refractivity contribution in [2.24, 2.45) is 0 Å². The van der Waals surface area contributed by atoms with E-state index in [0.717, 1.165) is 5.06 Å². The van der Waals surface area contributed by atoms with E-state index in [4.69, 9.17) is 0 Å². The van der Waals surface area contributed by atoms with Crippen LogP contribution in [-0.4, -0.2) is 33.2 Å². The number of benzene rings is 2. The molecule has 2 aromatic carbocycles. The highest BCUT2D eigenvalue weighted by Crippen LogP contribution is 2.29. The molecule has 2 aromatic rings. The molecule has 0 saturated carbocycles. The Morgan fingerprint density at radius 1 is 0.792 bits per heavy atom. The maximum atomic E-state index is 11.0. The smallest absolute Gasteiger partial charge is 0.225 e. The minimum Gasteiger partial charge on any atom is -0.312 e. The zero-order valence-corrected chi connectivity index (χ0v) is 12.8. The Morgan fingerprint density at radius 3 is 1.42 bits per heavy atom. The second-order valence-electron chi connectivity index (χ2n) is 5.26. The van der Waals surface area contributed by atoms with E-state index >= 15 is 0 Å². The second kappa shape index (κ2) is 8.14. The molecule has 2 rings (SSSR count). The molecule has 0 aliphatic rings. The standard InChI is InChI=1S/C16H17N3O5/c20-17(21)11-15(13-7-3-1-4-8-13)19(24)16(12-18(22)23)14-9-5-2-6-10-14/h1-10,15-16,24H,11-12H2. The fraction of sp³-hybridized carbons (Fsp3) is 0.250. The van der Waals surface area contributed by atoms with Crippen LogP contribution in [0.3, 0.4) is 0 Å². The van der Waals surface area contributed by atoms with Gasteiger partial charge in [-0.2, -0.15) is 5.06 Å². The summed E-state index contributed by atoms with van der Waals surface area (Å²) in [6, 6.07) is 14.9. The Labute approximate surface area is 138 Å². The lowest BCUT2D eigenvalue weighted by molar-refractivity contribution is -0.507. The molecule has 8 nitrogen and oxygen atoms in total. The fourth-order valence-corrected chi connectivity index (χ4v) is 2.53. The molecule has 126 valence electrons. The Balaban J connectivity index is 2.38. The van der Waals surface area contributed by atoms with Gasteiger partial charge in [0.2, 0.25) is 13.1 Å². The predicted octanol–water partition coefficient (Wildman–Crippen LogP) is 2.71. The van der Waals surface area contributed by atoms with Crippen molar-refractivity contribution in [1.29, 1.82) is 0 Å². The van der Waals surface area contributed by atoms with Gasteiger partial charge in [-0.3, -0.25) is 20.2 Å². The Kier molecular flexibility index (Phi) is 5.94. The van der Waals surface area contributed by atoms with Crippen LogP contribution >= 0.6 is 0 Å². The molecular formula is C16H17N3O5. The third-order valence-corrected chi connectivity index (χ3v) is 3.65. The second-order valence-corrected chi connectivity index (χ2v) is 5.26. The van der Waals surface area contributed by atoms with Crippen molar-refractivity contribution < 1.29 is 15.1 Å². The first kappa shape index (κ1) is 17.5. The number of hydrogen-bond acceptors (Lipinski definition) is 6. The lowest BCUT2D eigenvalue weighted by Gasteiger charge is -2.29. The molecule has 0 saturated heterocycles. The lowest BCUT2D eigenvalue weighted by atomic mass is 10.0. The molecule has 0 bridgehead atoms. The fourth-order valence-electron chi connectivity index (χ4n) is 2.53. The Hall–Kier alpha value is -2.84. The normalized spacial score (nSPS) is 13.4. The van der Waals surface area contributed by atoms with Crippen LogP contribution in [0.4, 0.5) is 0 Å². The van der Waals surface area contributed by atoms with Crippen molar-refractivity contribution in [3.05, 3.63) is 92.0 Å². The van der Waals surface area contributed by atoms with Crippen molar-refractivity contribution >= 4 is 0 Å². The van der Waals surface area contributed by atoms with Crippen LogP contribution in [0.25, 0.3) is 0 Å². The van der Waals surface area contributed by atoms with E-state index < -0.39 is 35.0 Å². The predicted molar refractivity (Wildman–Crippen MR) is 85.7 cm³/mol. The third-order valence-electron chi connectivity index (χ3n) is 3.65. The summed E-state index contributed by atoms with van der Waals surface area (Å²) in [7, 11) is 0. The summed E-state index contributed by atoms with van der Waals surface area (Å²) in [6.07, 6.45) is 0. The molecule has 0 aromatic heterocycles. The van der Waals surface area contributed by atoms with Gasteiger partial charge in [-0.05, 0) is 11.1 Å². The van der Waals surface area contributed by atoms with Crippen molar-refractivity contribution in [1.82, 2.24) is 5.06 Å². The summed E-state index contributed by atoms with van der Waals surface area (Å²) in [5.74, 6) is 0. The summed E-state index contributed by atoms with van der Waals surface area (Å²) in [5, 5.41) is 33.3. The quantitative estimate of drug-likeness (QED) is 0.588. The molecule has 0 radical (unpaired) electrons. The minimum atomic E-state index is -0.994. The molecule has 0 aliphatic carbocycles. The highest BCUT2D eigenvalue weighted by Gasteiger charge is 2.34. The highest BCUT2D eigenvalue weighted by atomic mass is 16.6. The SMILES string of the molecule is O=[N+]([O-])CC(c1ccccc1)N(O)C(C[N+](=O)[O-])c1ccccc1. The molecule has 2 atom stereocenters. The molecule has 0 amide bonds. The summed E-state index contributed by atoms with van der Waals surface area (Å²) >= 11 is 0. The van der Waals surface area contributed by atoms with E-state index in [1.807, 2.05) is 0 Å². The van der Waals surface area contributed by atoms with E-state index in [2.05, 4.69) is 0 Å². The van der Waals surface area contributed by atoms with Crippen LogP contribution in [0.5, 0.6) is 0 Å². The van der Waals surface area contributed by atoms with Crippen molar-refractivity contribution in [3.63, 3.8) is 0 Å². The molecule has 0 aliphatic heterocycles. The van der Waals surface area contributed by atoms with Crippen molar-refractivity contribution in [2.45, 2.75) is 12.1 Å². The van der Waals surface area contributed by atoms with Crippen molar-refractivity contribution in [2.75, 3.05) is 13.1 Å². The van der Waals surface area contributed by atoms with E-state index in [9.17, 15) is 25.4 Å². The van der Waals surface area contributed by atoms with Crippen LogP contribution in [0.2, 0.25) is 0 Å². The molecule has 0 heterocycles. The van der Waals surface area contributed by atoms with Gasteiger partial charge in [0.15, 0.2) is 0 Å². The molecule has 2 unspecified atom stereocenters. The topological polar surface area (TPSA) is 110 Å². The van der Waals surface area contributed by atoms with Gasteiger partial charge in [-0.1, -0.05) is 60.7 Å². The monoisotopic (exact) mass is 331 g/mol. The minimum absolute atomic E-state index is 0.515. The summed E-state index contributed by atoms with van der Waals surface area (Å²) in [5.41, 5.74) is 1.03. The van der Waals surface area contributed by atoms with Gasteiger partial charge in [-0.15, -0.1) is 0 Å². The van der Waals surface area contributed by atoms with E-state index in [-0.39, 0.29) is 0 Å². The number of nitrogens with zero attached hydrogens (tertiary/aromatic N) is 3. The van der Waals surface area contributed by atoms with Gasteiger partial charge in [0, 0.05) is 9.85 Å². The molecule has 1 N–H and O–H groups in total. The molecule has 0 fully saturated rings. The van der Waals surface area contributed by atoms with E-state index in [1.54, 1.807) is 60.7 Å². The van der Waals surface area contributed by atoms with E-state index in [1.165, 1.54) is 0 Å². The van der Waals surface area contributed by atoms with Gasteiger partial charge in [0.05, 0.1) is 0 Å². The zero-order chi connectivity index (χ0) is 17.5. The molecule has 24 heavy (non-hydrogen) atoms. The zero-order valence-electron chi connectivity index (χ0n) is 12.8. The molecule has 8 heteroatoms. The van der Waals surface area contributed by atoms with Gasteiger partial charge in [-0.25, -0.2) is 0 Å². The lowest BCUT2D eigenvalue weighted by Crippen LogP contribution is -2.37. The maximum absolute atomic E-state index is 11.0. The average Bonchev–Trinajstić information content (AvgIpc) is 2.58. The Bertz CT molecular complexity index is 621. The maximum Gasteiger partial charge on any atom is 0.225 e. The summed E-state index contributed by atoms with van der Waals surface area (Å²) < 4.78 is 0. The number of nitro groups is 2. The van der Waals surface area contributed by atoms with Crippen LogP contribution in [-0.2, 0) is 0 Å². The first-order chi connectivity index (χ1) is 11.5. The van der Waals surface area contributed by atoms with Gasteiger partial charge >= 0.3 is 0 Å². The van der Waals surface area contributed by atoms with Gasteiger partial charge in [0.1, 0.15) is 12.1 Å². The van der Waals surface area contributed by atoms with Crippen molar-refractivity contribution in [3.8, 4) is 0 Å². The third kappa shape index (κ3) is 4.58. The Morgan fingerprint density at radius 2 is 1.12 bits per heavy atom. The number of rotatable bonds is 8. The molecule has 0 spiro atoms.